The zero-order chi connectivity index (χ0) is 25.7. The van der Waals surface area contributed by atoms with Crippen LogP contribution in [0.2, 0.25) is 0 Å². The number of hydrogen-bond donors (Lipinski definition) is 2. The van der Waals surface area contributed by atoms with Gasteiger partial charge in [-0.15, -0.1) is 12.4 Å². The molecule has 1 spiro atoms. The number of ether oxygens (including phenoxy) is 1. The molecule has 0 aliphatic carbocycles. The van der Waals surface area contributed by atoms with Gasteiger partial charge < -0.3 is 20.1 Å². The summed E-state index contributed by atoms with van der Waals surface area (Å²) in [5.74, 6) is 1.22. The van der Waals surface area contributed by atoms with Gasteiger partial charge in [0.1, 0.15) is 23.1 Å². The van der Waals surface area contributed by atoms with Crippen molar-refractivity contribution < 1.29 is 19.4 Å². The molecule has 0 bridgehead atoms. The maximum atomic E-state index is 13.5. The molecule has 7 nitrogen and oxygen atoms in total. The number of amides is 2. The number of aliphatic hydroxyl groups is 1. The lowest BCUT2D eigenvalue weighted by Gasteiger charge is -2.52. The van der Waals surface area contributed by atoms with Crippen molar-refractivity contribution in [2.45, 2.75) is 70.7 Å². The molecular weight excluding hydrogens is 490 g/mol. The highest BCUT2D eigenvalue weighted by molar-refractivity contribution is 6.00. The van der Waals surface area contributed by atoms with E-state index in [1.165, 1.54) is 5.56 Å². The molecule has 4 rings (SSSR count). The van der Waals surface area contributed by atoms with Gasteiger partial charge in [-0.2, -0.15) is 0 Å². The van der Waals surface area contributed by atoms with Crippen molar-refractivity contribution in [3.63, 3.8) is 0 Å². The fourth-order valence-electron chi connectivity index (χ4n) is 5.22. The van der Waals surface area contributed by atoms with E-state index in [0.717, 1.165) is 44.0 Å². The number of nitrogens with one attached hydrogen (secondary N) is 1. The first-order chi connectivity index (χ1) is 17.3. The largest absolute Gasteiger partial charge is 0.457 e. The highest BCUT2D eigenvalue weighted by Crippen LogP contribution is 2.35. The summed E-state index contributed by atoms with van der Waals surface area (Å²) < 4.78 is 5.89. The van der Waals surface area contributed by atoms with Crippen molar-refractivity contribution in [3.8, 4) is 11.5 Å². The van der Waals surface area contributed by atoms with Crippen LogP contribution in [-0.4, -0.2) is 64.0 Å². The van der Waals surface area contributed by atoms with Gasteiger partial charge in [0.15, 0.2) is 0 Å². The maximum absolute atomic E-state index is 13.5. The fraction of sp³-hybridized carbons (Fsp3) is 0.517. The summed E-state index contributed by atoms with van der Waals surface area (Å²) in [6.45, 7) is 8.59. The molecule has 2 aromatic carbocycles. The van der Waals surface area contributed by atoms with E-state index in [9.17, 15) is 14.7 Å². The SMILES string of the molecule is CCCCN1C(=O)[C@@H]([C@@H](O)C(C)C)NC(=O)C12CCN(Cc1ccc(Oc3ccccc3)cc1)CC2.Cl. The Morgan fingerprint density at radius 3 is 2.24 bits per heavy atom. The Hall–Kier alpha value is -2.61. The van der Waals surface area contributed by atoms with E-state index in [4.69, 9.17) is 4.74 Å². The number of para-hydroxylation sites is 1. The van der Waals surface area contributed by atoms with Crippen LogP contribution in [0.1, 0.15) is 52.0 Å². The predicted molar refractivity (Wildman–Crippen MR) is 147 cm³/mol. The molecule has 2 atom stereocenters. The van der Waals surface area contributed by atoms with Crippen molar-refractivity contribution in [2.75, 3.05) is 19.6 Å². The molecule has 2 fully saturated rings. The number of nitrogens with zero attached hydrogens (tertiary/aromatic N) is 2. The first-order valence-corrected chi connectivity index (χ1v) is 13.2. The zero-order valence-electron chi connectivity index (χ0n) is 22.1. The second-order valence-corrected chi connectivity index (χ2v) is 10.4. The van der Waals surface area contributed by atoms with Gasteiger partial charge in [0.05, 0.1) is 6.10 Å². The summed E-state index contributed by atoms with van der Waals surface area (Å²) in [6.07, 6.45) is 2.07. The number of piperazine rings is 1. The van der Waals surface area contributed by atoms with E-state index < -0.39 is 17.7 Å². The van der Waals surface area contributed by atoms with Crippen LogP contribution in [0.5, 0.6) is 11.5 Å². The minimum absolute atomic E-state index is 0. The molecule has 8 heteroatoms. The first kappa shape index (κ1) is 29.0. The number of rotatable bonds is 9. The molecule has 2 aliphatic heterocycles. The molecule has 2 saturated heterocycles. The summed E-state index contributed by atoms with van der Waals surface area (Å²) in [5.41, 5.74) is 0.349. The molecule has 0 unspecified atom stereocenters. The average molecular weight is 530 g/mol. The molecule has 2 aromatic rings. The first-order valence-electron chi connectivity index (χ1n) is 13.2. The lowest BCUT2D eigenvalue weighted by atomic mass is 9.80. The zero-order valence-corrected chi connectivity index (χ0v) is 22.9. The van der Waals surface area contributed by atoms with Gasteiger partial charge in [-0.3, -0.25) is 14.5 Å². The molecule has 2 heterocycles. The maximum Gasteiger partial charge on any atom is 0.248 e. The van der Waals surface area contributed by atoms with Crippen molar-refractivity contribution in [1.29, 1.82) is 0 Å². The minimum atomic E-state index is -0.892. The molecule has 2 amide bonds. The number of likely N-dealkylation sites (tertiary alicyclic amines) is 1. The Morgan fingerprint density at radius 1 is 1.03 bits per heavy atom. The van der Waals surface area contributed by atoms with E-state index in [1.54, 1.807) is 4.90 Å². The number of benzene rings is 2. The quantitative estimate of drug-likeness (QED) is 0.504. The van der Waals surface area contributed by atoms with Crippen LogP contribution in [0.15, 0.2) is 54.6 Å². The number of carbonyl (C=O) groups excluding carboxylic acids is 2. The van der Waals surface area contributed by atoms with Gasteiger partial charge >= 0.3 is 0 Å². The van der Waals surface area contributed by atoms with E-state index in [1.807, 2.05) is 56.3 Å². The molecule has 0 aromatic heterocycles. The van der Waals surface area contributed by atoms with Gasteiger partial charge in [0.25, 0.3) is 0 Å². The molecule has 37 heavy (non-hydrogen) atoms. The third kappa shape index (κ3) is 6.46. The number of unbranched alkanes of at least 4 members (excludes halogenated alkanes) is 1. The fourth-order valence-corrected chi connectivity index (χ4v) is 5.22. The van der Waals surface area contributed by atoms with Crippen molar-refractivity contribution in [3.05, 3.63) is 60.2 Å². The number of piperidine rings is 1. The highest BCUT2D eigenvalue weighted by Gasteiger charge is 2.54. The molecular formula is C29H40ClN3O4. The van der Waals surface area contributed by atoms with E-state index in [-0.39, 0.29) is 30.1 Å². The Balaban J connectivity index is 0.00000380. The molecule has 2 aliphatic rings. The van der Waals surface area contributed by atoms with Crippen molar-refractivity contribution in [2.24, 2.45) is 5.92 Å². The van der Waals surface area contributed by atoms with Gasteiger partial charge in [0.2, 0.25) is 11.8 Å². The van der Waals surface area contributed by atoms with Gasteiger partial charge in [-0.1, -0.05) is 57.5 Å². The molecule has 2 N–H and O–H groups in total. The van der Waals surface area contributed by atoms with Crippen LogP contribution in [0.25, 0.3) is 0 Å². The summed E-state index contributed by atoms with van der Waals surface area (Å²) >= 11 is 0. The lowest BCUT2D eigenvalue weighted by Crippen LogP contribution is -2.74. The van der Waals surface area contributed by atoms with Crippen LogP contribution in [0.4, 0.5) is 0 Å². The molecule has 202 valence electrons. The van der Waals surface area contributed by atoms with Gasteiger partial charge in [-0.05, 0) is 55.0 Å². The van der Waals surface area contributed by atoms with E-state index in [2.05, 4.69) is 29.3 Å². The van der Waals surface area contributed by atoms with E-state index >= 15 is 0 Å². The summed E-state index contributed by atoms with van der Waals surface area (Å²) in [7, 11) is 0. The second kappa shape index (κ2) is 12.8. The summed E-state index contributed by atoms with van der Waals surface area (Å²) in [6, 6.07) is 17.0. The third-order valence-corrected chi connectivity index (χ3v) is 7.51. The van der Waals surface area contributed by atoms with Gasteiger partial charge in [-0.25, -0.2) is 0 Å². The van der Waals surface area contributed by atoms with Crippen LogP contribution in [0, 0.1) is 5.92 Å². The number of halogens is 1. The van der Waals surface area contributed by atoms with Crippen molar-refractivity contribution in [1.82, 2.24) is 15.1 Å². The number of aliphatic hydroxyl groups excluding tert-OH is 1. The Kier molecular flexibility index (Phi) is 9.99. The average Bonchev–Trinajstić information content (AvgIpc) is 2.89. The Bertz CT molecular complexity index is 1020. The molecule has 0 saturated carbocycles. The Labute approximate surface area is 226 Å². The van der Waals surface area contributed by atoms with E-state index in [0.29, 0.717) is 19.4 Å². The molecule has 0 radical (unpaired) electrons. The highest BCUT2D eigenvalue weighted by atomic mass is 35.5. The van der Waals surface area contributed by atoms with Gasteiger partial charge in [0, 0.05) is 26.2 Å². The second-order valence-electron chi connectivity index (χ2n) is 10.4. The topological polar surface area (TPSA) is 82.1 Å². The summed E-state index contributed by atoms with van der Waals surface area (Å²) in [5, 5.41) is 13.5. The normalized spacial score (nSPS) is 20.5. The monoisotopic (exact) mass is 529 g/mol. The smallest absolute Gasteiger partial charge is 0.248 e. The standard InChI is InChI=1S/C29H39N3O4.ClH/c1-4-5-17-32-27(34)25(26(33)21(2)3)30-28(35)29(32)15-18-31(19-16-29)20-22-11-13-24(14-12-22)36-23-9-7-6-8-10-23;/h6-14,21,25-26,33H,4-5,15-20H2,1-3H3,(H,30,35);1H/t25-,26+;/m1./s1. The Morgan fingerprint density at radius 2 is 1.65 bits per heavy atom. The van der Waals surface area contributed by atoms with Crippen molar-refractivity contribution >= 4 is 24.2 Å². The number of carbonyl (C=O) groups is 2. The van der Waals surface area contributed by atoms with Crippen LogP contribution in [0.3, 0.4) is 0 Å². The third-order valence-electron chi connectivity index (χ3n) is 7.51. The lowest BCUT2D eigenvalue weighted by molar-refractivity contribution is -0.165. The predicted octanol–water partition coefficient (Wildman–Crippen LogP) is 4.38. The number of hydrogen-bond acceptors (Lipinski definition) is 5. The van der Waals surface area contributed by atoms with Crippen LogP contribution < -0.4 is 10.1 Å². The minimum Gasteiger partial charge on any atom is -0.457 e. The summed E-state index contributed by atoms with van der Waals surface area (Å²) in [4.78, 5) is 31.0. The van der Waals surface area contributed by atoms with Crippen LogP contribution in [-0.2, 0) is 16.1 Å². The van der Waals surface area contributed by atoms with Crippen LogP contribution >= 0.6 is 12.4 Å².